The molecule has 2 heterocycles. The molecule has 4 N–H and O–H groups in total. The molecular weight excluding hydrogens is 365 g/mol. The van der Waals surface area contributed by atoms with Gasteiger partial charge in [0.15, 0.2) is 0 Å². The first-order valence-corrected chi connectivity index (χ1v) is 10.7. The number of hydrogen-bond acceptors (Lipinski definition) is 4. The summed E-state index contributed by atoms with van der Waals surface area (Å²) in [5.74, 6) is 0.670. The number of nitrogens with zero attached hydrogens (tertiary/aromatic N) is 3. The summed E-state index contributed by atoms with van der Waals surface area (Å²) in [6.07, 6.45) is 9.56. The third-order valence-electron chi connectivity index (χ3n) is 6.08. The second-order valence-electron chi connectivity index (χ2n) is 8.31. The summed E-state index contributed by atoms with van der Waals surface area (Å²) in [6.45, 7) is 3.07. The maximum atomic E-state index is 13.5. The number of benzene rings is 1. The molecule has 154 valence electrons. The number of unbranched alkanes of at least 4 members (excludes halogenated alkanes) is 1. The summed E-state index contributed by atoms with van der Waals surface area (Å²) in [4.78, 5) is 9.19. The predicted molar refractivity (Wildman–Crippen MR) is 116 cm³/mol. The van der Waals surface area contributed by atoms with Gasteiger partial charge in [-0.05, 0) is 62.1 Å². The fourth-order valence-corrected chi connectivity index (χ4v) is 4.44. The van der Waals surface area contributed by atoms with Crippen molar-refractivity contribution in [3.63, 3.8) is 0 Å². The SMILES string of the molecule is CCCCc1nc(N)nc2c1c(-c1ccc(F)cc1)cn2C[C@H]1CC[C@H](N)CC1. The third-order valence-corrected chi connectivity index (χ3v) is 6.08. The number of aromatic nitrogens is 3. The largest absolute Gasteiger partial charge is 0.368 e. The van der Waals surface area contributed by atoms with Gasteiger partial charge in [-0.15, -0.1) is 0 Å². The maximum Gasteiger partial charge on any atom is 0.222 e. The Morgan fingerprint density at radius 1 is 1.10 bits per heavy atom. The molecule has 0 spiro atoms. The van der Waals surface area contributed by atoms with E-state index < -0.39 is 0 Å². The zero-order valence-corrected chi connectivity index (χ0v) is 17.1. The summed E-state index contributed by atoms with van der Waals surface area (Å²) in [5.41, 5.74) is 16.1. The van der Waals surface area contributed by atoms with Gasteiger partial charge >= 0.3 is 0 Å². The molecule has 0 unspecified atom stereocenters. The van der Waals surface area contributed by atoms with E-state index in [4.69, 9.17) is 11.5 Å². The summed E-state index contributed by atoms with van der Waals surface area (Å²) in [7, 11) is 0. The van der Waals surface area contributed by atoms with Crippen LogP contribution < -0.4 is 11.5 Å². The van der Waals surface area contributed by atoms with Crippen LogP contribution in [0.5, 0.6) is 0 Å². The molecule has 4 rings (SSSR count). The van der Waals surface area contributed by atoms with E-state index in [0.717, 1.165) is 79.3 Å². The molecule has 5 nitrogen and oxygen atoms in total. The molecule has 1 aliphatic carbocycles. The van der Waals surface area contributed by atoms with Gasteiger partial charge in [0.1, 0.15) is 11.5 Å². The van der Waals surface area contributed by atoms with Crippen LogP contribution in [0.15, 0.2) is 30.5 Å². The Kier molecular flexibility index (Phi) is 5.81. The Morgan fingerprint density at radius 2 is 1.83 bits per heavy atom. The van der Waals surface area contributed by atoms with Crippen molar-refractivity contribution in [2.75, 3.05) is 5.73 Å². The first kappa shape index (κ1) is 19.8. The number of aryl methyl sites for hydroxylation is 1. The van der Waals surface area contributed by atoms with Gasteiger partial charge in [-0.3, -0.25) is 0 Å². The smallest absolute Gasteiger partial charge is 0.222 e. The number of halogens is 1. The lowest BCUT2D eigenvalue weighted by atomic mass is 9.86. The number of nitrogens with two attached hydrogens (primary N) is 2. The van der Waals surface area contributed by atoms with E-state index in [9.17, 15) is 4.39 Å². The van der Waals surface area contributed by atoms with E-state index >= 15 is 0 Å². The minimum absolute atomic E-state index is 0.234. The normalized spacial score (nSPS) is 19.7. The highest BCUT2D eigenvalue weighted by Crippen LogP contribution is 2.35. The predicted octanol–water partition coefficient (Wildman–Crippen LogP) is 4.68. The van der Waals surface area contributed by atoms with Crippen LogP contribution in [-0.2, 0) is 13.0 Å². The molecule has 1 aromatic carbocycles. The van der Waals surface area contributed by atoms with Crippen molar-refractivity contribution in [2.24, 2.45) is 11.7 Å². The third kappa shape index (κ3) is 4.27. The summed E-state index contributed by atoms with van der Waals surface area (Å²) in [6, 6.07) is 7.00. The molecular formula is C23H30FN5. The summed E-state index contributed by atoms with van der Waals surface area (Å²) in [5, 5.41) is 1.05. The van der Waals surface area contributed by atoms with Gasteiger partial charge in [-0.1, -0.05) is 25.5 Å². The lowest BCUT2D eigenvalue weighted by molar-refractivity contribution is 0.297. The highest BCUT2D eigenvalue weighted by molar-refractivity contribution is 5.96. The lowest BCUT2D eigenvalue weighted by Gasteiger charge is -2.26. The molecule has 1 saturated carbocycles. The van der Waals surface area contributed by atoms with Gasteiger partial charge < -0.3 is 16.0 Å². The van der Waals surface area contributed by atoms with Crippen LogP contribution >= 0.6 is 0 Å². The minimum Gasteiger partial charge on any atom is -0.368 e. The molecule has 0 aliphatic heterocycles. The van der Waals surface area contributed by atoms with Gasteiger partial charge in [0, 0.05) is 29.7 Å². The number of fused-ring (bicyclic) bond motifs is 1. The Bertz CT molecular complexity index is 971. The lowest BCUT2D eigenvalue weighted by Crippen LogP contribution is -2.28. The summed E-state index contributed by atoms with van der Waals surface area (Å²) < 4.78 is 15.7. The average molecular weight is 396 g/mol. The Labute approximate surface area is 171 Å². The van der Waals surface area contributed by atoms with Crippen LogP contribution in [0, 0.1) is 11.7 Å². The van der Waals surface area contributed by atoms with Crippen molar-refractivity contribution >= 4 is 17.0 Å². The standard InChI is InChI=1S/C23H30FN5/c1-2-3-4-20-21-19(16-7-9-17(24)10-8-16)14-29(22(21)28-23(26)27-20)13-15-5-11-18(25)12-6-15/h7-10,14-15,18H,2-6,11-13,25H2,1H3,(H2,26,27,28)/t15-,18-. The van der Waals surface area contributed by atoms with Crippen LogP contribution in [0.1, 0.15) is 51.1 Å². The second-order valence-corrected chi connectivity index (χ2v) is 8.31. The van der Waals surface area contributed by atoms with Crippen LogP contribution in [0.2, 0.25) is 0 Å². The number of anilines is 1. The zero-order chi connectivity index (χ0) is 20.4. The molecule has 2 aromatic heterocycles. The number of rotatable bonds is 6. The van der Waals surface area contributed by atoms with E-state index in [1.165, 1.54) is 12.1 Å². The van der Waals surface area contributed by atoms with Crippen LogP contribution in [-0.4, -0.2) is 20.6 Å². The molecule has 29 heavy (non-hydrogen) atoms. The minimum atomic E-state index is -0.234. The van der Waals surface area contributed by atoms with E-state index in [2.05, 4.69) is 27.7 Å². The van der Waals surface area contributed by atoms with Crippen molar-refractivity contribution in [3.05, 3.63) is 42.0 Å². The van der Waals surface area contributed by atoms with Crippen LogP contribution in [0.3, 0.4) is 0 Å². The van der Waals surface area contributed by atoms with Crippen molar-refractivity contribution in [3.8, 4) is 11.1 Å². The zero-order valence-electron chi connectivity index (χ0n) is 17.1. The number of hydrogen-bond donors (Lipinski definition) is 2. The van der Waals surface area contributed by atoms with Crippen LogP contribution in [0.4, 0.5) is 10.3 Å². The Balaban J connectivity index is 1.80. The topological polar surface area (TPSA) is 82.8 Å². The first-order valence-electron chi connectivity index (χ1n) is 10.7. The number of nitrogen functional groups attached to an aromatic ring is 1. The van der Waals surface area contributed by atoms with Gasteiger partial charge in [0.2, 0.25) is 5.95 Å². The molecule has 1 fully saturated rings. The van der Waals surface area contributed by atoms with E-state index in [1.807, 2.05) is 12.1 Å². The molecule has 1 aliphatic rings. The van der Waals surface area contributed by atoms with Gasteiger partial charge in [0.25, 0.3) is 0 Å². The molecule has 3 aromatic rings. The fourth-order valence-electron chi connectivity index (χ4n) is 4.44. The van der Waals surface area contributed by atoms with Crippen molar-refractivity contribution < 1.29 is 4.39 Å². The summed E-state index contributed by atoms with van der Waals surface area (Å²) >= 11 is 0. The van der Waals surface area contributed by atoms with E-state index in [-0.39, 0.29) is 5.82 Å². The van der Waals surface area contributed by atoms with Gasteiger partial charge in [-0.2, -0.15) is 4.98 Å². The molecule has 0 bridgehead atoms. The van der Waals surface area contributed by atoms with E-state index in [1.54, 1.807) is 0 Å². The van der Waals surface area contributed by atoms with Gasteiger partial charge in [0.05, 0.1) is 5.69 Å². The highest BCUT2D eigenvalue weighted by Gasteiger charge is 2.22. The molecule has 6 heteroatoms. The monoisotopic (exact) mass is 395 g/mol. The quantitative estimate of drug-likeness (QED) is 0.635. The second kappa shape index (κ2) is 8.49. The van der Waals surface area contributed by atoms with Gasteiger partial charge in [-0.25, -0.2) is 9.37 Å². The van der Waals surface area contributed by atoms with Crippen LogP contribution in [0.25, 0.3) is 22.2 Å². The fraction of sp³-hybridized carbons (Fsp3) is 0.478. The molecule has 0 saturated heterocycles. The highest BCUT2D eigenvalue weighted by atomic mass is 19.1. The Morgan fingerprint density at radius 3 is 2.52 bits per heavy atom. The maximum absolute atomic E-state index is 13.5. The molecule has 0 atom stereocenters. The average Bonchev–Trinajstić information content (AvgIpc) is 3.06. The first-order chi connectivity index (χ1) is 14.0. The van der Waals surface area contributed by atoms with Crippen molar-refractivity contribution in [1.29, 1.82) is 0 Å². The Hall–Kier alpha value is -2.47. The molecule has 0 amide bonds. The van der Waals surface area contributed by atoms with E-state index in [0.29, 0.717) is 17.9 Å². The van der Waals surface area contributed by atoms with Crippen molar-refractivity contribution in [1.82, 2.24) is 14.5 Å². The van der Waals surface area contributed by atoms with Crippen molar-refractivity contribution in [2.45, 2.75) is 64.5 Å². The molecule has 0 radical (unpaired) electrons.